The molecule has 1 aromatic heterocycles. The van der Waals surface area contributed by atoms with E-state index in [0.29, 0.717) is 5.92 Å². The highest BCUT2D eigenvalue weighted by Gasteiger charge is 2.06. The number of hydrogen-bond donors (Lipinski definition) is 1. The van der Waals surface area contributed by atoms with Gasteiger partial charge in [0, 0.05) is 12.7 Å². The van der Waals surface area contributed by atoms with Crippen molar-refractivity contribution in [2.24, 2.45) is 0 Å². The minimum atomic E-state index is 0.492. The molecule has 2 rings (SSSR count). The van der Waals surface area contributed by atoms with Gasteiger partial charge in [0.15, 0.2) is 0 Å². The summed E-state index contributed by atoms with van der Waals surface area (Å²) < 4.78 is 6.00. The Morgan fingerprint density at radius 1 is 1.20 bits per heavy atom. The van der Waals surface area contributed by atoms with Gasteiger partial charge in [-0.2, -0.15) is 0 Å². The normalized spacial score (nSPS) is 10.8. The first-order valence-electron chi connectivity index (χ1n) is 6.97. The first-order chi connectivity index (χ1) is 9.60. The lowest BCUT2D eigenvalue weighted by Gasteiger charge is -2.13. The molecule has 0 saturated heterocycles. The summed E-state index contributed by atoms with van der Waals surface area (Å²) in [6.07, 6.45) is 3.60. The maximum atomic E-state index is 6.00. The van der Waals surface area contributed by atoms with Crippen LogP contribution in [0, 0.1) is 6.92 Å². The molecule has 3 heteroatoms. The fourth-order valence-electron chi connectivity index (χ4n) is 2.03. The van der Waals surface area contributed by atoms with Gasteiger partial charge in [0.2, 0.25) is 0 Å². The zero-order chi connectivity index (χ0) is 14.5. The second kappa shape index (κ2) is 6.53. The Morgan fingerprint density at radius 2 is 2.00 bits per heavy atom. The molecule has 106 valence electrons. The van der Waals surface area contributed by atoms with Gasteiger partial charge < -0.3 is 10.1 Å². The maximum absolute atomic E-state index is 6.00. The summed E-state index contributed by atoms with van der Waals surface area (Å²) in [5.41, 5.74) is 3.53. The molecular formula is C17H22N2O. The third kappa shape index (κ3) is 3.58. The molecular weight excluding hydrogens is 248 g/mol. The van der Waals surface area contributed by atoms with E-state index in [1.807, 2.05) is 19.3 Å². The average Bonchev–Trinajstić information content (AvgIpc) is 2.42. The number of aromatic nitrogens is 1. The first-order valence-corrected chi connectivity index (χ1v) is 6.97. The van der Waals surface area contributed by atoms with Crippen LogP contribution in [0.3, 0.4) is 0 Å². The van der Waals surface area contributed by atoms with Gasteiger partial charge in [-0.05, 0) is 48.7 Å². The molecule has 2 aromatic rings. The predicted molar refractivity (Wildman–Crippen MR) is 82.3 cm³/mol. The topological polar surface area (TPSA) is 34.2 Å². The summed E-state index contributed by atoms with van der Waals surface area (Å²) in [5.74, 6) is 2.17. The molecule has 0 aliphatic carbocycles. The van der Waals surface area contributed by atoms with E-state index in [4.69, 9.17) is 4.74 Å². The highest BCUT2D eigenvalue weighted by molar-refractivity contribution is 5.41. The van der Waals surface area contributed by atoms with Crippen molar-refractivity contribution in [3.63, 3.8) is 0 Å². The van der Waals surface area contributed by atoms with Gasteiger partial charge in [0.25, 0.3) is 0 Å². The highest BCUT2D eigenvalue weighted by Crippen LogP contribution is 2.28. The van der Waals surface area contributed by atoms with E-state index in [9.17, 15) is 0 Å². The van der Waals surface area contributed by atoms with Crippen LogP contribution in [0.15, 0.2) is 36.7 Å². The quantitative estimate of drug-likeness (QED) is 0.891. The predicted octanol–water partition coefficient (Wildman–Crippen LogP) is 4.03. The fraction of sp³-hybridized carbons (Fsp3) is 0.353. The van der Waals surface area contributed by atoms with Crippen molar-refractivity contribution in [1.82, 2.24) is 10.3 Å². The number of pyridine rings is 1. The van der Waals surface area contributed by atoms with Crippen LogP contribution in [0.2, 0.25) is 0 Å². The molecule has 0 bridgehead atoms. The second-order valence-corrected chi connectivity index (χ2v) is 5.34. The molecule has 0 fully saturated rings. The smallest absolute Gasteiger partial charge is 0.146 e. The Morgan fingerprint density at radius 3 is 2.70 bits per heavy atom. The minimum Gasteiger partial charge on any atom is -0.455 e. The number of nitrogens with one attached hydrogen (secondary N) is 1. The summed E-state index contributed by atoms with van der Waals surface area (Å²) in [6, 6.07) is 8.40. The SMILES string of the molecule is CNCc1cncc(Oc2cc(C(C)C)ccc2C)c1. The zero-order valence-corrected chi connectivity index (χ0v) is 12.6. The summed E-state index contributed by atoms with van der Waals surface area (Å²) in [6.45, 7) is 7.21. The third-order valence-corrected chi connectivity index (χ3v) is 3.26. The Bertz CT molecular complexity index is 579. The first kappa shape index (κ1) is 14.5. The summed E-state index contributed by atoms with van der Waals surface area (Å²) in [4.78, 5) is 4.22. The van der Waals surface area contributed by atoms with E-state index < -0.39 is 0 Å². The lowest BCUT2D eigenvalue weighted by atomic mass is 10.0. The van der Waals surface area contributed by atoms with Crippen LogP contribution in [-0.2, 0) is 6.54 Å². The Hall–Kier alpha value is -1.87. The summed E-state index contributed by atoms with van der Waals surface area (Å²) in [7, 11) is 1.92. The largest absolute Gasteiger partial charge is 0.455 e. The highest BCUT2D eigenvalue weighted by atomic mass is 16.5. The van der Waals surface area contributed by atoms with Gasteiger partial charge >= 0.3 is 0 Å². The number of hydrogen-bond acceptors (Lipinski definition) is 3. The molecule has 0 aliphatic heterocycles. The molecule has 1 N–H and O–H groups in total. The van der Waals surface area contributed by atoms with E-state index in [1.165, 1.54) is 5.56 Å². The van der Waals surface area contributed by atoms with Crippen LogP contribution >= 0.6 is 0 Å². The Labute approximate surface area is 121 Å². The number of aryl methyl sites for hydroxylation is 1. The number of benzene rings is 1. The molecule has 0 aliphatic rings. The van der Waals surface area contributed by atoms with Gasteiger partial charge in [-0.25, -0.2) is 0 Å². The van der Waals surface area contributed by atoms with Gasteiger partial charge in [-0.15, -0.1) is 0 Å². The van der Waals surface area contributed by atoms with Crippen LogP contribution in [0.1, 0.15) is 36.5 Å². The number of rotatable bonds is 5. The lowest BCUT2D eigenvalue weighted by molar-refractivity contribution is 0.474. The van der Waals surface area contributed by atoms with E-state index >= 15 is 0 Å². The molecule has 3 nitrogen and oxygen atoms in total. The molecule has 0 amide bonds. The van der Waals surface area contributed by atoms with E-state index in [-0.39, 0.29) is 0 Å². The van der Waals surface area contributed by atoms with Gasteiger partial charge in [0.05, 0.1) is 6.20 Å². The van der Waals surface area contributed by atoms with Crippen molar-refractivity contribution in [3.8, 4) is 11.5 Å². The summed E-state index contributed by atoms with van der Waals surface area (Å²) in [5, 5.41) is 3.11. The second-order valence-electron chi connectivity index (χ2n) is 5.34. The van der Waals surface area contributed by atoms with Crippen LogP contribution in [0.4, 0.5) is 0 Å². The van der Waals surface area contributed by atoms with E-state index in [1.54, 1.807) is 6.20 Å². The van der Waals surface area contributed by atoms with Crippen LogP contribution in [0.5, 0.6) is 11.5 Å². The fourth-order valence-corrected chi connectivity index (χ4v) is 2.03. The van der Waals surface area contributed by atoms with Crippen molar-refractivity contribution >= 4 is 0 Å². The van der Waals surface area contributed by atoms with E-state index in [2.05, 4.69) is 49.3 Å². The lowest BCUT2D eigenvalue weighted by Crippen LogP contribution is -2.05. The molecule has 0 spiro atoms. The van der Waals surface area contributed by atoms with Crippen molar-refractivity contribution in [2.75, 3.05) is 7.05 Å². The molecule has 1 heterocycles. The molecule has 0 atom stereocenters. The average molecular weight is 270 g/mol. The standard InChI is InChI=1S/C17H22N2O/c1-12(2)15-6-5-13(3)17(8-15)20-16-7-14(9-18-4)10-19-11-16/h5-8,10-12,18H,9H2,1-4H3. The molecule has 0 saturated carbocycles. The van der Waals surface area contributed by atoms with Crippen molar-refractivity contribution in [3.05, 3.63) is 53.3 Å². The van der Waals surface area contributed by atoms with Crippen molar-refractivity contribution in [2.45, 2.75) is 33.2 Å². The van der Waals surface area contributed by atoms with Gasteiger partial charge in [0.1, 0.15) is 11.5 Å². The zero-order valence-electron chi connectivity index (χ0n) is 12.6. The van der Waals surface area contributed by atoms with Gasteiger partial charge in [-0.1, -0.05) is 26.0 Å². The molecule has 0 radical (unpaired) electrons. The third-order valence-electron chi connectivity index (χ3n) is 3.26. The van der Waals surface area contributed by atoms with Gasteiger partial charge in [-0.3, -0.25) is 4.98 Å². The maximum Gasteiger partial charge on any atom is 0.146 e. The van der Waals surface area contributed by atoms with E-state index in [0.717, 1.165) is 29.2 Å². The minimum absolute atomic E-state index is 0.492. The molecule has 20 heavy (non-hydrogen) atoms. The monoisotopic (exact) mass is 270 g/mol. The van der Waals surface area contributed by atoms with Crippen molar-refractivity contribution in [1.29, 1.82) is 0 Å². The van der Waals surface area contributed by atoms with Crippen LogP contribution in [-0.4, -0.2) is 12.0 Å². The Balaban J connectivity index is 2.25. The summed E-state index contributed by atoms with van der Waals surface area (Å²) >= 11 is 0. The van der Waals surface area contributed by atoms with Crippen molar-refractivity contribution < 1.29 is 4.74 Å². The number of ether oxygens (including phenoxy) is 1. The molecule has 0 unspecified atom stereocenters. The number of nitrogens with zero attached hydrogens (tertiary/aromatic N) is 1. The van der Waals surface area contributed by atoms with Crippen LogP contribution in [0.25, 0.3) is 0 Å². The molecule has 1 aromatic carbocycles. The van der Waals surface area contributed by atoms with Crippen LogP contribution < -0.4 is 10.1 Å². The Kier molecular flexibility index (Phi) is 4.74.